The highest BCUT2D eigenvalue weighted by Gasteiger charge is 2.37. The van der Waals surface area contributed by atoms with Crippen molar-refractivity contribution < 1.29 is 32.8 Å². The van der Waals surface area contributed by atoms with E-state index >= 15 is 0 Å². The summed E-state index contributed by atoms with van der Waals surface area (Å²) in [5, 5.41) is 25.1. The molecule has 194 valence electrons. The van der Waals surface area contributed by atoms with Crippen LogP contribution in [-0.4, -0.2) is 45.6 Å². The second-order valence-electron chi connectivity index (χ2n) is 8.57. The molecule has 8 nitrogen and oxygen atoms in total. The predicted molar refractivity (Wildman–Crippen MR) is 126 cm³/mol. The number of carbonyl (C=O) groups is 1. The molecule has 4 aromatic rings. The highest BCUT2D eigenvalue weighted by Crippen LogP contribution is 2.34. The molecule has 1 fully saturated rings. The number of anilines is 1. The molecule has 0 aliphatic carbocycles. The number of nitrogens with two attached hydrogens (primary N) is 1. The molecule has 12 heteroatoms. The number of aryl methyl sites for hydroxylation is 1. The third-order valence-electron chi connectivity index (χ3n) is 6.31. The van der Waals surface area contributed by atoms with Crippen LogP contribution in [0.25, 0.3) is 22.2 Å². The number of aromatic nitrogens is 4. The number of alkyl halides is 3. The van der Waals surface area contributed by atoms with Crippen LogP contribution in [0.3, 0.4) is 0 Å². The summed E-state index contributed by atoms with van der Waals surface area (Å²) in [6.07, 6.45) is -1.56. The van der Waals surface area contributed by atoms with E-state index in [1.165, 1.54) is 6.07 Å². The van der Waals surface area contributed by atoms with Crippen molar-refractivity contribution in [1.82, 2.24) is 20.0 Å². The van der Waals surface area contributed by atoms with Gasteiger partial charge in [-0.05, 0) is 18.2 Å². The highest BCUT2D eigenvalue weighted by molar-refractivity contribution is 5.99. The number of nitrogens with zero attached hydrogens (tertiary/aromatic N) is 5. The predicted octanol–water partition coefficient (Wildman–Crippen LogP) is 2.42. The minimum absolute atomic E-state index is 0.0260. The number of carboxylic acid groups (broad SMARTS) is 1. The van der Waals surface area contributed by atoms with Crippen molar-refractivity contribution in [1.29, 1.82) is 0 Å². The minimum atomic E-state index is -4.60. The molecule has 0 spiro atoms. The molecule has 0 amide bonds. The zero-order valence-corrected chi connectivity index (χ0v) is 19.8. The van der Waals surface area contributed by atoms with Crippen molar-refractivity contribution >= 4 is 28.7 Å². The largest absolute Gasteiger partial charge is 0.554 e. The molecule has 2 N–H and O–H groups in total. The monoisotopic (exact) mass is 516 g/mol. The standard InChI is InChI=1S/C24H22F4N6.CH2O2/c1-33-21(8-11-29-33)22-17-4-2-3-5-18(17)23(32-31-22)34-12-9-16(10-13-34)30-20-7-6-15(25)14-19(20)24(26,27)28;2-1-3/h2-8,11,14,16,30H,9-10,12-13H2,1H3;1H,(H,2,3). The van der Waals surface area contributed by atoms with E-state index in [0.717, 1.165) is 34.0 Å². The summed E-state index contributed by atoms with van der Waals surface area (Å²) in [6.45, 7) is 0.765. The average Bonchev–Trinajstić information content (AvgIpc) is 3.30. The Morgan fingerprint density at radius 1 is 1.05 bits per heavy atom. The van der Waals surface area contributed by atoms with E-state index in [4.69, 9.17) is 9.90 Å². The summed E-state index contributed by atoms with van der Waals surface area (Å²) in [4.78, 5) is 10.4. The van der Waals surface area contributed by atoms with Crippen LogP contribution in [0.4, 0.5) is 29.1 Å². The number of halogens is 4. The molecule has 2 aromatic carbocycles. The van der Waals surface area contributed by atoms with Crippen LogP contribution < -0.4 is 15.3 Å². The SMILES string of the molecule is Cn1nccc1-c1nnc(N2CCC([NH2+]c3ccc(F)cc3C(F)(F)F)CC2)c2ccccc12.O=C[O-]. The van der Waals surface area contributed by atoms with Gasteiger partial charge in [0.15, 0.2) is 5.82 Å². The lowest BCUT2D eigenvalue weighted by molar-refractivity contribution is -0.614. The maximum Gasteiger partial charge on any atom is 0.422 e. The number of hydrogen-bond donors (Lipinski definition) is 1. The number of quaternary nitrogens is 1. The Balaban J connectivity index is 0.00000102. The number of rotatable bonds is 4. The molecule has 0 unspecified atom stereocenters. The van der Waals surface area contributed by atoms with E-state index in [1.807, 2.05) is 37.4 Å². The van der Waals surface area contributed by atoms with Crippen molar-refractivity contribution in [2.45, 2.75) is 25.1 Å². The lowest BCUT2D eigenvalue weighted by Gasteiger charge is -2.32. The molecule has 1 aliphatic rings. The summed E-state index contributed by atoms with van der Waals surface area (Å²) in [6, 6.07) is 12.6. The Morgan fingerprint density at radius 2 is 1.73 bits per heavy atom. The Morgan fingerprint density at radius 3 is 2.35 bits per heavy atom. The van der Waals surface area contributed by atoms with Gasteiger partial charge in [-0.25, -0.2) is 4.39 Å². The number of carbonyl (C=O) groups excluding carboxylic acids is 1. The molecule has 0 saturated carbocycles. The molecule has 2 aromatic heterocycles. The van der Waals surface area contributed by atoms with Crippen LogP contribution in [0, 0.1) is 5.82 Å². The van der Waals surface area contributed by atoms with Gasteiger partial charge < -0.3 is 20.1 Å². The van der Waals surface area contributed by atoms with Gasteiger partial charge in [-0.1, -0.05) is 24.3 Å². The summed E-state index contributed by atoms with van der Waals surface area (Å²) < 4.78 is 55.3. The zero-order valence-electron chi connectivity index (χ0n) is 19.8. The Hall–Kier alpha value is -4.06. The molecule has 0 bridgehead atoms. The van der Waals surface area contributed by atoms with E-state index in [1.54, 1.807) is 16.2 Å². The van der Waals surface area contributed by atoms with Crippen LogP contribution in [0.5, 0.6) is 0 Å². The van der Waals surface area contributed by atoms with E-state index < -0.39 is 24.0 Å². The van der Waals surface area contributed by atoms with Crippen molar-refractivity contribution in [3.8, 4) is 11.4 Å². The van der Waals surface area contributed by atoms with Crippen molar-refractivity contribution in [2.24, 2.45) is 7.05 Å². The molecular formula is C25H24F4N6O2. The first-order chi connectivity index (χ1) is 17.7. The van der Waals surface area contributed by atoms with Gasteiger partial charge in [0.25, 0.3) is 0 Å². The lowest BCUT2D eigenvalue weighted by atomic mass is 10.0. The third-order valence-corrected chi connectivity index (χ3v) is 6.31. The third kappa shape index (κ3) is 5.69. The Bertz CT molecular complexity index is 1380. The van der Waals surface area contributed by atoms with Crippen LogP contribution in [-0.2, 0) is 18.0 Å². The van der Waals surface area contributed by atoms with Gasteiger partial charge in [-0.2, -0.15) is 18.3 Å². The van der Waals surface area contributed by atoms with Gasteiger partial charge in [-0.3, -0.25) is 4.68 Å². The minimum Gasteiger partial charge on any atom is -0.554 e. The second-order valence-corrected chi connectivity index (χ2v) is 8.57. The number of piperidine rings is 1. The molecule has 1 aliphatic heterocycles. The average molecular weight is 516 g/mol. The molecule has 0 atom stereocenters. The first-order valence-corrected chi connectivity index (χ1v) is 11.5. The summed E-state index contributed by atoms with van der Waals surface area (Å²) in [7, 11) is 1.85. The first kappa shape index (κ1) is 26.0. The Labute approximate surface area is 209 Å². The number of benzene rings is 2. The van der Waals surface area contributed by atoms with Gasteiger partial charge in [0.2, 0.25) is 0 Å². The zero-order chi connectivity index (χ0) is 26.6. The topological polar surface area (TPSA) is 104 Å². The molecule has 1 saturated heterocycles. The molecule has 0 radical (unpaired) electrons. The van der Waals surface area contributed by atoms with E-state index in [2.05, 4.69) is 20.2 Å². The van der Waals surface area contributed by atoms with Crippen molar-refractivity contribution in [2.75, 3.05) is 18.0 Å². The highest BCUT2D eigenvalue weighted by atomic mass is 19.4. The van der Waals surface area contributed by atoms with Gasteiger partial charge in [0.1, 0.15) is 22.8 Å². The van der Waals surface area contributed by atoms with Crippen LogP contribution in [0.1, 0.15) is 18.4 Å². The lowest BCUT2D eigenvalue weighted by Crippen LogP contribution is -2.86. The normalized spacial score (nSPS) is 14.4. The van der Waals surface area contributed by atoms with Crippen LogP contribution >= 0.6 is 0 Å². The van der Waals surface area contributed by atoms with Crippen molar-refractivity contribution in [3.05, 3.63) is 66.1 Å². The molecular weight excluding hydrogens is 492 g/mol. The molecule has 37 heavy (non-hydrogen) atoms. The van der Waals surface area contributed by atoms with E-state index in [-0.39, 0.29) is 11.7 Å². The number of fused-ring (bicyclic) bond motifs is 1. The van der Waals surface area contributed by atoms with Gasteiger partial charge >= 0.3 is 6.18 Å². The fourth-order valence-electron chi connectivity index (χ4n) is 4.57. The first-order valence-electron chi connectivity index (χ1n) is 11.5. The smallest absolute Gasteiger partial charge is 0.422 e. The van der Waals surface area contributed by atoms with Crippen LogP contribution in [0.2, 0.25) is 0 Å². The van der Waals surface area contributed by atoms with Gasteiger partial charge in [0, 0.05) is 62.5 Å². The van der Waals surface area contributed by atoms with Crippen molar-refractivity contribution in [3.63, 3.8) is 0 Å². The second kappa shape index (κ2) is 10.9. The van der Waals surface area contributed by atoms with E-state index in [9.17, 15) is 17.6 Å². The quantitative estimate of drug-likeness (QED) is 0.254. The van der Waals surface area contributed by atoms with Crippen LogP contribution in [0.15, 0.2) is 54.7 Å². The molecule has 3 heterocycles. The summed E-state index contributed by atoms with van der Waals surface area (Å²) in [5.41, 5.74) is 0.706. The fraction of sp³-hybridized carbons (Fsp3) is 0.280. The fourth-order valence-corrected chi connectivity index (χ4v) is 4.57. The van der Waals surface area contributed by atoms with E-state index in [0.29, 0.717) is 32.0 Å². The van der Waals surface area contributed by atoms with Gasteiger partial charge in [0.05, 0.1) is 11.7 Å². The summed E-state index contributed by atoms with van der Waals surface area (Å²) in [5.74, 6) is -0.128. The summed E-state index contributed by atoms with van der Waals surface area (Å²) >= 11 is 0. The number of hydrogen-bond acceptors (Lipinski definition) is 6. The Kier molecular flexibility index (Phi) is 7.67. The maximum absolute atomic E-state index is 13.4. The molecule has 5 rings (SSSR count). The maximum atomic E-state index is 13.4. The van der Waals surface area contributed by atoms with Gasteiger partial charge in [-0.15, -0.1) is 10.2 Å².